The lowest BCUT2D eigenvalue weighted by Gasteiger charge is -2.58. The van der Waals surface area contributed by atoms with Gasteiger partial charge in [-0.15, -0.1) is 6.58 Å². The Morgan fingerprint density at radius 1 is 1.19 bits per heavy atom. The molecule has 1 aromatic carbocycles. The van der Waals surface area contributed by atoms with Crippen molar-refractivity contribution in [2.45, 2.75) is 47.0 Å². The van der Waals surface area contributed by atoms with Gasteiger partial charge in [0, 0.05) is 11.6 Å². The van der Waals surface area contributed by atoms with Crippen LogP contribution in [0.3, 0.4) is 0 Å². The van der Waals surface area contributed by atoms with Gasteiger partial charge in [-0.25, -0.2) is 0 Å². The quantitative estimate of drug-likeness (QED) is 0.332. The first-order chi connectivity index (χ1) is 14.6. The summed E-state index contributed by atoms with van der Waals surface area (Å²) in [5, 5.41) is 0. The van der Waals surface area contributed by atoms with Crippen molar-refractivity contribution in [2.75, 3.05) is 7.11 Å². The average Bonchev–Trinajstić information content (AvgIpc) is 2.73. The van der Waals surface area contributed by atoms with Crippen molar-refractivity contribution in [2.24, 2.45) is 22.2 Å². The van der Waals surface area contributed by atoms with Crippen molar-refractivity contribution >= 4 is 17.3 Å². The number of rotatable bonds is 7. The molecule has 2 aliphatic carbocycles. The van der Waals surface area contributed by atoms with Crippen molar-refractivity contribution in [3.05, 3.63) is 72.0 Å². The molecular formula is C27H32O4. The number of hydrogen-bond donors (Lipinski definition) is 0. The molecule has 1 saturated carbocycles. The first-order valence-corrected chi connectivity index (χ1v) is 10.8. The fourth-order valence-electron chi connectivity index (χ4n) is 5.54. The van der Waals surface area contributed by atoms with Crippen molar-refractivity contribution in [3.8, 4) is 0 Å². The molecule has 4 heteroatoms. The number of Topliss-reactive ketones (excluding diaryl/α,β-unsaturated/α-hetero) is 2. The second-order valence-electron chi connectivity index (χ2n) is 9.57. The summed E-state index contributed by atoms with van der Waals surface area (Å²) in [6.45, 7) is 11.6. The molecular weight excluding hydrogens is 388 g/mol. The van der Waals surface area contributed by atoms with Crippen LogP contribution in [0.2, 0.25) is 0 Å². The van der Waals surface area contributed by atoms with E-state index in [9.17, 15) is 14.4 Å². The van der Waals surface area contributed by atoms with Crippen molar-refractivity contribution in [3.63, 3.8) is 0 Å². The molecule has 2 aliphatic rings. The summed E-state index contributed by atoms with van der Waals surface area (Å²) in [5.74, 6) is -0.963. The number of hydrogen-bond acceptors (Lipinski definition) is 4. The third-order valence-electron chi connectivity index (χ3n) is 7.37. The van der Waals surface area contributed by atoms with E-state index in [1.165, 1.54) is 13.2 Å². The summed E-state index contributed by atoms with van der Waals surface area (Å²) < 4.78 is 5.63. The summed E-state index contributed by atoms with van der Waals surface area (Å²) in [6, 6.07) is 8.68. The molecule has 31 heavy (non-hydrogen) atoms. The third kappa shape index (κ3) is 3.15. The molecule has 4 nitrogen and oxygen atoms in total. The Morgan fingerprint density at radius 3 is 2.39 bits per heavy atom. The lowest BCUT2D eigenvalue weighted by Crippen LogP contribution is -2.68. The van der Waals surface area contributed by atoms with Crippen LogP contribution in [-0.4, -0.2) is 24.5 Å². The van der Waals surface area contributed by atoms with Gasteiger partial charge in [0.25, 0.3) is 0 Å². The standard InChI is InChI=1S/C27H32O4/c1-7-11-20-17-26(15-14-18(2)3)22(31-6)16-21(28)27(24(26)30,25(20,4)5)23(29)19-12-9-8-10-13-19/h7-10,12-14,16,20H,1,11,15,17H2,2-6H3/t20-,26+,27+/m1/s1. The first kappa shape index (κ1) is 22.9. The number of ether oxygens (including phenoxy) is 1. The highest BCUT2D eigenvalue weighted by molar-refractivity contribution is 6.35. The molecule has 0 radical (unpaired) electrons. The van der Waals surface area contributed by atoms with Crippen LogP contribution < -0.4 is 0 Å². The summed E-state index contributed by atoms with van der Waals surface area (Å²) in [6.07, 6.45) is 6.73. The molecule has 0 saturated heterocycles. The molecule has 164 valence electrons. The van der Waals surface area contributed by atoms with E-state index in [4.69, 9.17) is 4.74 Å². The minimum atomic E-state index is -1.79. The Morgan fingerprint density at radius 2 is 1.84 bits per heavy atom. The average molecular weight is 421 g/mol. The fraction of sp³-hybridized carbons (Fsp3) is 0.444. The zero-order valence-electron chi connectivity index (χ0n) is 19.2. The molecule has 3 atom stereocenters. The Hall–Kier alpha value is -2.75. The molecule has 0 aromatic heterocycles. The summed E-state index contributed by atoms with van der Waals surface area (Å²) in [4.78, 5) is 42.2. The molecule has 0 heterocycles. The predicted molar refractivity (Wildman–Crippen MR) is 121 cm³/mol. The van der Waals surface area contributed by atoms with Crippen molar-refractivity contribution in [1.82, 2.24) is 0 Å². The molecule has 0 aliphatic heterocycles. The number of fused-ring (bicyclic) bond motifs is 2. The van der Waals surface area contributed by atoms with Gasteiger partial charge in [0.1, 0.15) is 5.76 Å². The summed E-state index contributed by atoms with van der Waals surface area (Å²) in [7, 11) is 1.49. The normalized spacial score (nSPS) is 29.1. The highest BCUT2D eigenvalue weighted by Crippen LogP contribution is 2.64. The van der Waals surface area contributed by atoms with Crippen LogP contribution >= 0.6 is 0 Å². The highest BCUT2D eigenvalue weighted by atomic mass is 16.5. The van der Waals surface area contributed by atoms with Gasteiger partial charge in [-0.1, -0.05) is 61.9 Å². The smallest absolute Gasteiger partial charge is 0.184 e. The Bertz CT molecular complexity index is 978. The van der Waals surface area contributed by atoms with Gasteiger partial charge in [0.05, 0.1) is 12.5 Å². The molecule has 0 spiro atoms. The van der Waals surface area contributed by atoms with E-state index in [-0.39, 0.29) is 11.7 Å². The summed E-state index contributed by atoms with van der Waals surface area (Å²) in [5.41, 5.74) is -2.28. The number of benzene rings is 1. The van der Waals surface area contributed by atoms with E-state index in [0.29, 0.717) is 30.6 Å². The van der Waals surface area contributed by atoms with Crippen molar-refractivity contribution < 1.29 is 19.1 Å². The van der Waals surface area contributed by atoms with E-state index < -0.39 is 27.8 Å². The van der Waals surface area contributed by atoms with Gasteiger partial charge in [-0.3, -0.25) is 14.4 Å². The van der Waals surface area contributed by atoms with Crippen LogP contribution in [-0.2, 0) is 14.3 Å². The van der Waals surface area contributed by atoms with Crippen LogP contribution in [0.4, 0.5) is 0 Å². The zero-order chi connectivity index (χ0) is 23.0. The van der Waals surface area contributed by atoms with Gasteiger partial charge >= 0.3 is 0 Å². The molecule has 0 amide bonds. The third-order valence-corrected chi connectivity index (χ3v) is 7.37. The molecule has 1 aromatic rings. The Balaban J connectivity index is 2.37. The number of allylic oxidation sites excluding steroid dienone is 5. The van der Waals surface area contributed by atoms with Gasteiger partial charge in [0.2, 0.25) is 0 Å². The van der Waals surface area contributed by atoms with E-state index in [2.05, 4.69) is 6.58 Å². The SMILES string of the molecule is C=CC[C@@H]1C[C@]2(CC=C(C)C)C(=O)[C@@](C(=O)c3ccccc3)(C(=O)C=C2OC)C1(C)C. The molecule has 0 N–H and O–H groups in total. The maximum atomic E-state index is 14.4. The van der Waals surface area contributed by atoms with Crippen LogP contribution in [0.5, 0.6) is 0 Å². The zero-order valence-corrected chi connectivity index (χ0v) is 19.2. The van der Waals surface area contributed by atoms with Gasteiger partial charge in [-0.2, -0.15) is 0 Å². The minimum Gasteiger partial charge on any atom is -0.500 e. The topological polar surface area (TPSA) is 60.4 Å². The maximum absolute atomic E-state index is 14.4. The first-order valence-electron chi connectivity index (χ1n) is 10.8. The Labute approximate surface area is 185 Å². The van der Waals surface area contributed by atoms with Gasteiger partial charge < -0.3 is 4.74 Å². The molecule has 3 rings (SSSR count). The van der Waals surface area contributed by atoms with Crippen LogP contribution in [0.25, 0.3) is 0 Å². The lowest BCUT2D eigenvalue weighted by atomic mass is 9.40. The number of carbonyl (C=O) groups is 3. The maximum Gasteiger partial charge on any atom is 0.184 e. The van der Waals surface area contributed by atoms with Gasteiger partial charge in [0.15, 0.2) is 22.8 Å². The number of carbonyl (C=O) groups excluding carboxylic acids is 3. The lowest BCUT2D eigenvalue weighted by molar-refractivity contribution is -0.164. The largest absolute Gasteiger partial charge is 0.500 e. The summed E-state index contributed by atoms with van der Waals surface area (Å²) >= 11 is 0. The monoisotopic (exact) mass is 420 g/mol. The predicted octanol–water partition coefficient (Wildman–Crippen LogP) is 5.50. The minimum absolute atomic E-state index is 0.0938. The number of ketones is 3. The molecule has 1 fully saturated rings. The van der Waals surface area contributed by atoms with Crippen LogP contribution in [0, 0.1) is 22.2 Å². The van der Waals surface area contributed by atoms with E-state index in [0.717, 1.165) is 5.57 Å². The van der Waals surface area contributed by atoms with Crippen molar-refractivity contribution in [1.29, 1.82) is 0 Å². The Kier molecular flexibility index (Phi) is 5.96. The van der Waals surface area contributed by atoms with E-state index in [1.807, 2.05) is 45.9 Å². The fourth-order valence-corrected chi connectivity index (χ4v) is 5.54. The van der Waals surface area contributed by atoms with Crippen LogP contribution in [0.1, 0.15) is 57.3 Å². The second-order valence-corrected chi connectivity index (χ2v) is 9.57. The van der Waals surface area contributed by atoms with Crippen LogP contribution in [0.15, 0.2) is 66.5 Å². The highest BCUT2D eigenvalue weighted by Gasteiger charge is 2.73. The molecule has 0 unspecified atom stereocenters. The molecule has 2 bridgehead atoms. The van der Waals surface area contributed by atoms with E-state index in [1.54, 1.807) is 24.3 Å². The van der Waals surface area contributed by atoms with Gasteiger partial charge in [-0.05, 0) is 44.4 Å². The van der Waals surface area contributed by atoms with E-state index >= 15 is 0 Å². The number of methoxy groups -OCH3 is 1. The second kappa shape index (κ2) is 8.07.